The molecular formula is C22H23ClN2O5S. The summed E-state index contributed by atoms with van der Waals surface area (Å²) in [6.45, 7) is 1.60. The first kappa shape index (κ1) is 23.1. The lowest BCUT2D eigenvalue weighted by atomic mass is 10.1. The molecule has 0 fully saturated rings. The molecule has 0 aliphatic carbocycles. The highest BCUT2D eigenvalue weighted by atomic mass is 35.5. The lowest BCUT2D eigenvalue weighted by Gasteiger charge is -2.33. The molecule has 1 aliphatic heterocycles. The van der Waals surface area contributed by atoms with Crippen LogP contribution in [0.5, 0.6) is 0 Å². The second kappa shape index (κ2) is 10.7. The van der Waals surface area contributed by atoms with Crippen LogP contribution in [-0.4, -0.2) is 41.4 Å². The largest absolute Gasteiger partial charge is 0.462 e. The molecule has 1 atom stereocenters. The van der Waals surface area contributed by atoms with Crippen molar-refractivity contribution >= 4 is 46.8 Å². The fourth-order valence-electron chi connectivity index (χ4n) is 3.33. The van der Waals surface area contributed by atoms with Crippen molar-refractivity contribution in [2.24, 2.45) is 0 Å². The molecule has 2 aromatic rings. The number of aryl methyl sites for hydroxylation is 1. The second-order valence-electron chi connectivity index (χ2n) is 6.99. The normalized spacial score (nSPS) is 15.4. The van der Waals surface area contributed by atoms with Crippen molar-refractivity contribution in [3.8, 4) is 0 Å². The average molecular weight is 463 g/mol. The zero-order valence-electron chi connectivity index (χ0n) is 17.0. The Bertz CT molecular complexity index is 967. The van der Waals surface area contributed by atoms with Gasteiger partial charge in [0.15, 0.2) is 0 Å². The van der Waals surface area contributed by atoms with Gasteiger partial charge in [0, 0.05) is 9.92 Å². The lowest BCUT2D eigenvalue weighted by Crippen LogP contribution is -2.46. The first-order valence-corrected chi connectivity index (χ1v) is 11.1. The zero-order valence-corrected chi connectivity index (χ0v) is 18.5. The summed E-state index contributed by atoms with van der Waals surface area (Å²) in [5, 5.41) is 9.24. The molecule has 1 heterocycles. The smallest absolute Gasteiger partial charge is 0.338 e. The molecule has 0 spiro atoms. The molecular weight excluding hydrogens is 440 g/mol. The van der Waals surface area contributed by atoms with E-state index in [9.17, 15) is 14.4 Å². The Morgan fingerprint density at radius 2 is 1.97 bits per heavy atom. The predicted molar refractivity (Wildman–Crippen MR) is 119 cm³/mol. The molecule has 0 saturated heterocycles. The van der Waals surface area contributed by atoms with E-state index in [1.54, 1.807) is 30.6 Å². The van der Waals surface area contributed by atoms with Gasteiger partial charge in [-0.3, -0.25) is 14.8 Å². The van der Waals surface area contributed by atoms with Gasteiger partial charge in [0.25, 0.3) is 5.91 Å². The van der Waals surface area contributed by atoms with Gasteiger partial charge in [0.05, 0.1) is 23.1 Å². The van der Waals surface area contributed by atoms with E-state index in [0.717, 1.165) is 23.3 Å². The van der Waals surface area contributed by atoms with Crippen LogP contribution in [0.15, 0.2) is 47.4 Å². The van der Waals surface area contributed by atoms with Crippen LogP contribution in [-0.2, 0) is 20.7 Å². The summed E-state index contributed by atoms with van der Waals surface area (Å²) in [5.74, 6) is -1.45. The van der Waals surface area contributed by atoms with Crippen LogP contribution in [0.4, 0.5) is 5.69 Å². The maximum atomic E-state index is 13.1. The number of anilines is 1. The number of thioether (sulfide) groups is 1. The number of halogens is 1. The summed E-state index contributed by atoms with van der Waals surface area (Å²) in [6.07, 6.45) is 2.19. The Morgan fingerprint density at radius 3 is 2.65 bits per heavy atom. The molecule has 9 heteroatoms. The molecule has 0 saturated carbocycles. The third-order valence-electron chi connectivity index (χ3n) is 4.84. The van der Waals surface area contributed by atoms with E-state index in [1.807, 2.05) is 24.3 Å². The zero-order chi connectivity index (χ0) is 22.4. The highest BCUT2D eigenvalue weighted by Gasteiger charge is 2.35. The number of benzene rings is 2. The van der Waals surface area contributed by atoms with E-state index in [1.165, 1.54) is 16.7 Å². The number of amides is 2. The Labute approximate surface area is 189 Å². The fraction of sp³-hybridized carbons (Fsp3) is 0.318. The molecule has 2 amide bonds. The van der Waals surface area contributed by atoms with E-state index in [4.69, 9.17) is 21.5 Å². The number of carbonyl (C=O) groups excluding carboxylic acids is 3. The topological polar surface area (TPSA) is 95.9 Å². The Balaban J connectivity index is 1.78. The Morgan fingerprint density at radius 1 is 1.23 bits per heavy atom. The van der Waals surface area contributed by atoms with Crippen molar-refractivity contribution in [3.63, 3.8) is 0 Å². The molecule has 164 valence electrons. The van der Waals surface area contributed by atoms with Gasteiger partial charge in [-0.2, -0.15) is 0 Å². The van der Waals surface area contributed by atoms with Crippen LogP contribution >= 0.6 is 23.4 Å². The van der Waals surface area contributed by atoms with Crippen LogP contribution in [0, 0.1) is 0 Å². The summed E-state index contributed by atoms with van der Waals surface area (Å²) in [6, 6.07) is 12.6. The van der Waals surface area contributed by atoms with Crippen molar-refractivity contribution in [3.05, 3.63) is 58.6 Å². The molecule has 7 nitrogen and oxygen atoms in total. The summed E-state index contributed by atoms with van der Waals surface area (Å²) < 4.78 is 5.03. The molecule has 0 radical (unpaired) electrons. The predicted octanol–water partition coefficient (Wildman–Crippen LogP) is 3.85. The van der Waals surface area contributed by atoms with Gasteiger partial charge < -0.3 is 9.64 Å². The highest BCUT2D eigenvalue weighted by molar-refractivity contribution is 8.01. The van der Waals surface area contributed by atoms with Gasteiger partial charge in [0.1, 0.15) is 6.54 Å². The number of ether oxygens (including phenoxy) is 1. The van der Waals surface area contributed by atoms with Crippen molar-refractivity contribution in [1.82, 2.24) is 5.48 Å². The third kappa shape index (κ3) is 5.78. The molecule has 31 heavy (non-hydrogen) atoms. The van der Waals surface area contributed by atoms with Crippen LogP contribution in [0.2, 0.25) is 5.02 Å². The van der Waals surface area contributed by atoms with Crippen molar-refractivity contribution in [2.45, 2.75) is 36.3 Å². The number of carbonyl (C=O) groups is 3. The third-order valence-corrected chi connectivity index (χ3v) is 6.42. The van der Waals surface area contributed by atoms with Crippen molar-refractivity contribution in [2.75, 3.05) is 18.1 Å². The van der Waals surface area contributed by atoms with Crippen LogP contribution in [0.25, 0.3) is 0 Å². The Hall–Kier alpha value is -2.55. The van der Waals surface area contributed by atoms with Crippen molar-refractivity contribution < 1.29 is 24.3 Å². The number of nitrogens with zero attached hydrogens (tertiary/aromatic N) is 1. The average Bonchev–Trinajstić information content (AvgIpc) is 2.77. The fourth-order valence-corrected chi connectivity index (χ4v) is 4.71. The molecule has 3 rings (SSSR count). The second-order valence-corrected chi connectivity index (χ2v) is 8.67. The molecule has 0 aromatic heterocycles. The van der Waals surface area contributed by atoms with Gasteiger partial charge in [-0.15, -0.1) is 11.8 Å². The number of hydrogen-bond acceptors (Lipinski definition) is 6. The SMILES string of the molecule is CCOC(=O)c1ccc2c(c1)N(CC(=O)NO)C(=O)C(CCCc1ccc(Cl)cc1)S2. The number of hydrogen-bond donors (Lipinski definition) is 2. The molecule has 0 bridgehead atoms. The van der Waals surface area contributed by atoms with Crippen molar-refractivity contribution in [1.29, 1.82) is 0 Å². The first-order chi connectivity index (χ1) is 14.9. The van der Waals surface area contributed by atoms with Gasteiger partial charge >= 0.3 is 5.97 Å². The summed E-state index contributed by atoms with van der Waals surface area (Å²) in [7, 11) is 0. The van der Waals surface area contributed by atoms with E-state index < -0.39 is 11.9 Å². The molecule has 1 unspecified atom stereocenters. The number of esters is 1. The van der Waals surface area contributed by atoms with Gasteiger partial charge in [-0.25, -0.2) is 10.3 Å². The maximum Gasteiger partial charge on any atom is 0.338 e. The number of hydroxylamine groups is 1. The van der Waals surface area contributed by atoms with Gasteiger partial charge in [0.2, 0.25) is 5.91 Å². The standard InChI is InChI=1S/C22H23ClN2O5S/c1-2-30-22(28)15-8-11-18-17(12-15)25(13-20(26)24-29)21(27)19(31-18)5-3-4-14-6-9-16(23)10-7-14/h6-12,19,29H,2-5,13H2,1H3,(H,24,26). The van der Waals surface area contributed by atoms with Gasteiger partial charge in [-0.05, 0) is 62.1 Å². The summed E-state index contributed by atoms with van der Waals surface area (Å²) in [5.41, 5.74) is 3.45. The van der Waals surface area contributed by atoms with E-state index in [-0.39, 0.29) is 24.3 Å². The van der Waals surface area contributed by atoms with E-state index >= 15 is 0 Å². The minimum atomic E-state index is -0.715. The lowest BCUT2D eigenvalue weighted by molar-refractivity contribution is -0.129. The monoisotopic (exact) mass is 462 g/mol. The minimum absolute atomic E-state index is 0.232. The molecule has 2 N–H and O–H groups in total. The van der Waals surface area contributed by atoms with Gasteiger partial charge in [-0.1, -0.05) is 23.7 Å². The van der Waals surface area contributed by atoms with E-state index in [2.05, 4.69) is 0 Å². The Kier molecular flexibility index (Phi) is 7.95. The summed E-state index contributed by atoms with van der Waals surface area (Å²) in [4.78, 5) is 39.2. The highest BCUT2D eigenvalue weighted by Crippen LogP contribution is 2.41. The quantitative estimate of drug-likeness (QED) is 0.351. The number of fused-ring (bicyclic) bond motifs is 1. The van der Waals surface area contributed by atoms with Crippen LogP contribution < -0.4 is 10.4 Å². The molecule has 1 aliphatic rings. The minimum Gasteiger partial charge on any atom is -0.462 e. The summed E-state index contributed by atoms with van der Waals surface area (Å²) >= 11 is 7.34. The number of nitrogens with one attached hydrogen (secondary N) is 1. The van der Waals surface area contributed by atoms with Crippen LogP contribution in [0.1, 0.15) is 35.7 Å². The first-order valence-electron chi connectivity index (χ1n) is 9.89. The van der Waals surface area contributed by atoms with Crippen LogP contribution in [0.3, 0.4) is 0 Å². The van der Waals surface area contributed by atoms with E-state index in [0.29, 0.717) is 22.7 Å². The molecule has 2 aromatic carbocycles. The maximum absolute atomic E-state index is 13.1. The number of rotatable bonds is 8.